The Morgan fingerprint density at radius 3 is 1.34 bits per heavy atom. The summed E-state index contributed by atoms with van der Waals surface area (Å²) in [5.74, 6) is 1.04. The molecular formula is C29H32O6. The average Bonchev–Trinajstić information content (AvgIpc) is 3.39. The number of hydrogen-bond acceptors (Lipinski definition) is 6. The lowest BCUT2D eigenvalue weighted by Crippen LogP contribution is -2.01. The first-order valence-electron chi connectivity index (χ1n) is 12.2. The van der Waals surface area contributed by atoms with Gasteiger partial charge >= 0.3 is 11.9 Å². The smallest absolute Gasteiger partial charge is 0.334 e. The lowest BCUT2D eigenvalue weighted by Gasteiger charge is -2.11. The Bertz CT molecular complexity index is 936. The Balaban J connectivity index is 1.03. The third-order valence-corrected chi connectivity index (χ3v) is 6.27. The van der Waals surface area contributed by atoms with Gasteiger partial charge in [-0.1, -0.05) is 56.7 Å². The van der Waals surface area contributed by atoms with E-state index >= 15 is 0 Å². The highest BCUT2D eigenvalue weighted by Crippen LogP contribution is 2.34. The van der Waals surface area contributed by atoms with Crippen LogP contribution in [0.5, 0.6) is 11.5 Å². The number of hydrogen-bond donors (Lipinski definition) is 0. The third kappa shape index (κ3) is 6.75. The number of carbonyl (C=O) groups is 2. The minimum Gasteiger partial charge on any atom is -0.494 e. The summed E-state index contributed by atoms with van der Waals surface area (Å²) < 4.78 is 22.3. The molecule has 2 atom stereocenters. The van der Waals surface area contributed by atoms with Crippen LogP contribution in [0, 0.1) is 0 Å². The summed E-state index contributed by atoms with van der Waals surface area (Å²) in [4.78, 5) is 23.0. The molecule has 4 rings (SSSR count). The second kappa shape index (κ2) is 11.7. The first-order chi connectivity index (χ1) is 17.0. The van der Waals surface area contributed by atoms with Gasteiger partial charge in [-0.05, 0) is 48.2 Å². The molecule has 0 amide bonds. The number of unbranched alkanes of at least 4 members (excludes halogenated alkanes) is 4. The van der Waals surface area contributed by atoms with Crippen LogP contribution in [0.4, 0.5) is 0 Å². The Kier molecular flexibility index (Phi) is 8.24. The van der Waals surface area contributed by atoms with Gasteiger partial charge in [-0.15, -0.1) is 0 Å². The summed E-state index contributed by atoms with van der Waals surface area (Å²) in [7, 11) is 0. The first kappa shape index (κ1) is 24.6. The maximum absolute atomic E-state index is 11.5. The van der Waals surface area contributed by atoms with Gasteiger partial charge in [0, 0.05) is 24.0 Å². The summed E-state index contributed by atoms with van der Waals surface area (Å²) in [6.45, 7) is 8.81. The summed E-state index contributed by atoms with van der Waals surface area (Å²) in [6, 6.07) is 15.5. The van der Waals surface area contributed by atoms with Crippen LogP contribution in [0.15, 0.2) is 72.8 Å². The van der Waals surface area contributed by atoms with Crippen LogP contribution in [0.25, 0.3) is 0 Å². The SMILES string of the molecule is C=C1CC(c2ccc(OCCCCCCCOc3ccc(C4CC(=C)C(=O)O4)cc3)cc2)OC1=O. The highest BCUT2D eigenvalue weighted by molar-refractivity contribution is 5.90. The number of ether oxygens (including phenoxy) is 4. The number of rotatable bonds is 12. The fourth-order valence-electron chi connectivity index (χ4n) is 4.17. The van der Waals surface area contributed by atoms with Crippen molar-refractivity contribution in [3.63, 3.8) is 0 Å². The fourth-order valence-corrected chi connectivity index (χ4v) is 4.17. The van der Waals surface area contributed by atoms with Crippen molar-refractivity contribution in [3.8, 4) is 11.5 Å². The van der Waals surface area contributed by atoms with Gasteiger partial charge in [0.1, 0.15) is 23.7 Å². The Morgan fingerprint density at radius 2 is 1.00 bits per heavy atom. The number of cyclic esters (lactones) is 2. The Hall–Kier alpha value is -3.54. The van der Waals surface area contributed by atoms with E-state index in [1.54, 1.807) is 0 Å². The normalized spacial score (nSPS) is 19.5. The van der Waals surface area contributed by atoms with Gasteiger partial charge in [0.25, 0.3) is 0 Å². The highest BCUT2D eigenvalue weighted by atomic mass is 16.6. The molecule has 2 fully saturated rings. The summed E-state index contributed by atoms with van der Waals surface area (Å²) >= 11 is 0. The second-order valence-corrected chi connectivity index (χ2v) is 9.01. The van der Waals surface area contributed by atoms with E-state index in [1.807, 2.05) is 48.5 Å². The molecule has 184 valence electrons. The van der Waals surface area contributed by atoms with Crippen LogP contribution in [0.3, 0.4) is 0 Å². The maximum Gasteiger partial charge on any atom is 0.334 e. The maximum atomic E-state index is 11.5. The van der Waals surface area contributed by atoms with Crippen LogP contribution < -0.4 is 9.47 Å². The minimum absolute atomic E-state index is 0.230. The highest BCUT2D eigenvalue weighted by Gasteiger charge is 2.29. The van der Waals surface area contributed by atoms with E-state index in [2.05, 4.69) is 13.2 Å². The van der Waals surface area contributed by atoms with E-state index in [0.717, 1.165) is 54.7 Å². The summed E-state index contributed by atoms with van der Waals surface area (Å²) in [5, 5.41) is 0. The summed E-state index contributed by atoms with van der Waals surface area (Å²) in [6.07, 6.45) is 6.00. The molecule has 0 aliphatic carbocycles. The van der Waals surface area contributed by atoms with Crippen LogP contribution >= 0.6 is 0 Å². The predicted molar refractivity (Wildman–Crippen MR) is 132 cm³/mol. The fraction of sp³-hybridized carbons (Fsp3) is 0.379. The molecule has 0 bridgehead atoms. The van der Waals surface area contributed by atoms with Gasteiger partial charge in [-0.2, -0.15) is 0 Å². The van der Waals surface area contributed by atoms with Crippen LogP contribution in [-0.4, -0.2) is 25.2 Å². The van der Waals surface area contributed by atoms with Crippen LogP contribution in [0.2, 0.25) is 0 Å². The molecule has 0 aromatic heterocycles. The van der Waals surface area contributed by atoms with Crippen molar-refractivity contribution in [2.45, 2.75) is 57.2 Å². The van der Waals surface area contributed by atoms with Crippen molar-refractivity contribution in [2.24, 2.45) is 0 Å². The topological polar surface area (TPSA) is 71.1 Å². The predicted octanol–water partition coefficient (Wildman–Crippen LogP) is 6.18. The quantitative estimate of drug-likeness (QED) is 0.207. The number of esters is 2. The molecule has 0 N–H and O–H groups in total. The van der Waals surface area contributed by atoms with E-state index in [4.69, 9.17) is 18.9 Å². The zero-order chi connectivity index (χ0) is 24.6. The van der Waals surface area contributed by atoms with Gasteiger partial charge in [-0.3, -0.25) is 0 Å². The van der Waals surface area contributed by atoms with E-state index in [-0.39, 0.29) is 24.1 Å². The molecule has 2 saturated heterocycles. The number of carbonyl (C=O) groups excluding carboxylic acids is 2. The largest absolute Gasteiger partial charge is 0.494 e. The average molecular weight is 477 g/mol. The lowest BCUT2D eigenvalue weighted by molar-refractivity contribution is -0.140. The molecule has 0 spiro atoms. The molecule has 2 aliphatic heterocycles. The number of benzene rings is 2. The van der Waals surface area contributed by atoms with Crippen molar-refractivity contribution in [1.29, 1.82) is 0 Å². The molecular weight excluding hydrogens is 444 g/mol. The molecule has 35 heavy (non-hydrogen) atoms. The molecule has 0 radical (unpaired) electrons. The van der Waals surface area contributed by atoms with Gasteiger partial charge in [0.05, 0.1) is 13.2 Å². The zero-order valence-corrected chi connectivity index (χ0v) is 20.0. The molecule has 6 heteroatoms. The lowest BCUT2D eigenvalue weighted by atomic mass is 10.1. The zero-order valence-electron chi connectivity index (χ0n) is 20.0. The van der Waals surface area contributed by atoms with Gasteiger partial charge in [0.15, 0.2) is 0 Å². The monoisotopic (exact) mass is 476 g/mol. The second-order valence-electron chi connectivity index (χ2n) is 9.01. The standard InChI is InChI=1S/C29H32O6/c1-20-18-26(34-28(20)30)22-8-12-24(13-9-22)32-16-6-4-3-5-7-17-33-25-14-10-23(11-15-25)27-19-21(2)29(31)35-27/h8-15,26-27H,1-7,16-19H2. The summed E-state index contributed by atoms with van der Waals surface area (Å²) in [5.41, 5.74) is 2.98. The van der Waals surface area contributed by atoms with Crippen LogP contribution in [-0.2, 0) is 19.1 Å². The van der Waals surface area contributed by atoms with Crippen molar-refractivity contribution >= 4 is 11.9 Å². The van der Waals surface area contributed by atoms with E-state index in [9.17, 15) is 9.59 Å². The third-order valence-electron chi connectivity index (χ3n) is 6.27. The van der Waals surface area contributed by atoms with E-state index in [0.29, 0.717) is 37.2 Å². The van der Waals surface area contributed by atoms with Crippen molar-refractivity contribution in [2.75, 3.05) is 13.2 Å². The van der Waals surface area contributed by atoms with Gasteiger partial charge in [-0.25, -0.2) is 9.59 Å². The van der Waals surface area contributed by atoms with Crippen molar-refractivity contribution < 1.29 is 28.5 Å². The minimum atomic E-state index is -0.308. The molecule has 0 saturated carbocycles. The van der Waals surface area contributed by atoms with E-state index in [1.165, 1.54) is 0 Å². The molecule has 2 heterocycles. The molecule has 6 nitrogen and oxygen atoms in total. The molecule has 2 aliphatic rings. The molecule has 2 aromatic rings. The van der Waals surface area contributed by atoms with Crippen LogP contribution in [0.1, 0.15) is 68.3 Å². The van der Waals surface area contributed by atoms with Gasteiger partial charge < -0.3 is 18.9 Å². The van der Waals surface area contributed by atoms with E-state index < -0.39 is 0 Å². The van der Waals surface area contributed by atoms with Gasteiger partial charge in [0.2, 0.25) is 0 Å². The molecule has 2 unspecified atom stereocenters. The van der Waals surface area contributed by atoms with Crippen molar-refractivity contribution in [3.05, 3.63) is 84.0 Å². The van der Waals surface area contributed by atoms with Crippen molar-refractivity contribution in [1.82, 2.24) is 0 Å². The Labute approximate surface area is 206 Å². The molecule has 2 aromatic carbocycles. The first-order valence-corrected chi connectivity index (χ1v) is 12.2. The Morgan fingerprint density at radius 1 is 0.629 bits per heavy atom.